The van der Waals surface area contributed by atoms with E-state index in [0.29, 0.717) is 13.0 Å². The fourth-order valence-electron chi connectivity index (χ4n) is 2.94. The molecule has 0 aliphatic carbocycles. The van der Waals surface area contributed by atoms with E-state index in [4.69, 9.17) is 5.14 Å². The number of carbonyl (C=O) groups is 2. The lowest BCUT2D eigenvalue weighted by Crippen LogP contribution is -2.55. The van der Waals surface area contributed by atoms with Crippen LogP contribution in [0.15, 0.2) is 47.4 Å². The van der Waals surface area contributed by atoms with E-state index in [9.17, 15) is 26.8 Å². The Bertz CT molecular complexity index is 1040. The summed E-state index contributed by atoms with van der Waals surface area (Å²) < 4.78 is 48.6. The van der Waals surface area contributed by atoms with Gasteiger partial charge in [0.2, 0.25) is 15.9 Å². The predicted molar refractivity (Wildman–Crippen MR) is 100 cm³/mol. The molecule has 0 saturated carbocycles. The molecule has 3 N–H and O–H groups in total. The number of nitrogens with zero attached hydrogens (tertiary/aromatic N) is 1. The van der Waals surface area contributed by atoms with Gasteiger partial charge in [0.15, 0.2) is 11.6 Å². The van der Waals surface area contributed by atoms with E-state index in [1.165, 1.54) is 23.1 Å². The molecule has 10 heteroatoms. The third kappa shape index (κ3) is 4.96. The first-order valence-electron chi connectivity index (χ1n) is 8.79. The lowest BCUT2D eigenvalue weighted by Gasteiger charge is -2.38. The summed E-state index contributed by atoms with van der Waals surface area (Å²) in [5.41, 5.74) is 0.868. The summed E-state index contributed by atoms with van der Waals surface area (Å²) in [6.07, 6.45) is 0.501. The van der Waals surface area contributed by atoms with Crippen LogP contribution in [0.2, 0.25) is 0 Å². The molecule has 29 heavy (non-hydrogen) atoms. The summed E-state index contributed by atoms with van der Waals surface area (Å²) in [6.45, 7) is 0.751. The van der Waals surface area contributed by atoms with E-state index in [2.05, 4.69) is 5.32 Å². The molecule has 1 aliphatic heterocycles. The van der Waals surface area contributed by atoms with Gasteiger partial charge < -0.3 is 10.2 Å². The fraction of sp³-hybridized carbons (Fsp3) is 0.263. The summed E-state index contributed by atoms with van der Waals surface area (Å²) in [6, 6.07) is 8.99. The first-order valence-corrected chi connectivity index (χ1v) is 10.3. The van der Waals surface area contributed by atoms with Crippen LogP contribution in [0.1, 0.15) is 15.9 Å². The summed E-state index contributed by atoms with van der Waals surface area (Å²) in [7, 11) is -3.74. The van der Waals surface area contributed by atoms with Crippen molar-refractivity contribution in [2.75, 3.05) is 19.6 Å². The Hall–Kier alpha value is -2.85. The molecule has 2 amide bonds. The van der Waals surface area contributed by atoms with Crippen molar-refractivity contribution in [3.05, 3.63) is 65.2 Å². The Labute approximate surface area is 166 Å². The number of hydrogen-bond acceptors (Lipinski definition) is 4. The van der Waals surface area contributed by atoms with Crippen molar-refractivity contribution >= 4 is 21.8 Å². The van der Waals surface area contributed by atoms with Gasteiger partial charge in [-0.2, -0.15) is 0 Å². The SMILES string of the molecule is NS(=O)(=O)c1ccc(CCNC(=O)C2CN(C(=O)c3ccc(F)c(F)c3)C2)cc1. The largest absolute Gasteiger partial charge is 0.355 e. The molecule has 0 spiro atoms. The van der Waals surface area contributed by atoms with Crippen LogP contribution in [-0.2, 0) is 21.2 Å². The van der Waals surface area contributed by atoms with E-state index in [0.717, 1.165) is 17.7 Å². The van der Waals surface area contributed by atoms with Gasteiger partial charge in [-0.05, 0) is 42.3 Å². The Balaban J connectivity index is 1.43. The molecular formula is C19H19F2N3O4S. The second-order valence-electron chi connectivity index (χ2n) is 6.77. The highest BCUT2D eigenvalue weighted by Crippen LogP contribution is 2.20. The maximum Gasteiger partial charge on any atom is 0.254 e. The van der Waals surface area contributed by atoms with Crippen LogP contribution in [0.4, 0.5) is 8.78 Å². The molecule has 0 unspecified atom stereocenters. The number of nitrogens with one attached hydrogen (secondary N) is 1. The van der Waals surface area contributed by atoms with Crippen molar-refractivity contribution in [1.82, 2.24) is 10.2 Å². The Morgan fingerprint density at radius 2 is 1.72 bits per heavy atom. The lowest BCUT2D eigenvalue weighted by atomic mass is 9.97. The van der Waals surface area contributed by atoms with Gasteiger partial charge in [0.25, 0.3) is 5.91 Å². The van der Waals surface area contributed by atoms with E-state index in [1.54, 1.807) is 12.1 Å². The van der Waals surface area contributed by atoms with E-state index in [-0.39, 0.29) is 35.4 Å². The lowest BCUT2D eigenvalue weighted by molar-refractivity contribution is -0.128. The molecule has 2 aromatic carbocycles. The number of primary sulfonamides is 1. The van der Waals surface area contributed by atoms with Gasteiger partial charge in [-0.15, -0.1) is 0 Å². The number of amides is 2. The van der Waals surface area contributed by atoms with Gasteiger partial charge in [0.1, 0.15) is 0 Å². The maximum absolute atomic E-state index is 13.2. The van der Waals surface area contributed by atoms with E-state index < -0.39 is 27.6 Å². The standard InChI is InChI=1S/C19H19F2N3O4S/c20-16-6-3-13(9-17(16)21)19(26)24-10-14(11-24)18(25)23-8-7-12-1-4-15(5-2-12)29(22,27)28/h1-6,9,14H,7-8,10-11H2,(H,23,25)(H2,22,27,28). The average molecular weight is 423 g/mol. The highest BCUT2D eigenvalue weighted by molar-refractivity contribution is 7.89. The van der Waals surface area contributed by atoms with Crippen LogP contribution < -0.4 is 10.5 Å². The van der Waals surface area contributed by atoms with Crippen LogP contribution in [0.5, 0.6) is 0 Å². The van der Waals surface area contributed by atoms with Crippen molar-refractivity contribution in [3.63, 3.8) is 0 Å². The fourth-order valence-corrected chi connectivity index (χ4v) is 3.46. The Kier molecular flexibility index (Phi) is 5.94. The predicted octanol–water partition coefficient (Wildman–Crippen LogP) is 1.04. The second-order valence-corrected chi connectivity index (χ2v) is 8.33. The van der Waals surface area contributed by atoms with Crippen molar-refractivity contribution in [3.8, 4) is 0 Å². The minimum atomic E-state index is -3.74. The van der Waals surface area contributed by atoms with Crippen molar-refractivity contribution in [1.29, 1.82) is 0 Å². The molecule has 0 atom stereocenters. The normalized spacial score (nSPS) is 14.4. The third-order valence-corrected chi connectivity index (χ3v) is 5.60. The van der Waals surface area contributed by atoms with Gasteiger partial charge in [-0.3, -0.25) is 9.59 Å². The summed E-state index contributed by atoms with van der Waals surface area (Å²) in [5, 5.41) is 7.80. The number of sulfonamides is 1. The van der Waals surface area contributed by atoms with Crippen LogP contribution in [0.25, 0.3) is 0 Å². The number of halogens is 2. The van der Waals surface area contributed by atoms with Crippen LogP contribution in [-0.4, -0.2) is 44.8 Å². The molecule has 0 radical (unpaired) electrons. The average Bonchev–Trinajstić information content (AvgIpc) is 2.62. The third-order valence-electron chi connectivity index (χ3n) is 4.67. The molecule has 7 nitrogen and oxygen atoms in total. The second kappa shape index (κ2) is 8.26. The minimum Gasteiger partial charge on any atom is -0.355 e. The zero-order valence-electron chi connectivity index (χ0n) is 15.3. The first kappa shape index (κ1) is 20.9. The smallest absolute Gasteiger partial charge is 0.254 e. The number of benzene rings is 2. The first-order chi connectivity index (χ1) is 13.6. The molecule has 0 bridgehead atoms. The van der Waals surface area contributed by atoms with Gasteiger partial charge in [-0.1, -0.05) is 12.1 Å². The zero-order valence-corrected chi connectivity index (χ0v) is 16.1. The number of rotatable bonds is 6. The van der Waals surface area contributed by atoms with Gasteiger partial charge in [-0.25, -0.2) is 22.3 Å². The van der Waals surface area contributed by atoms with E-state index >= 15 is 0 Å². The molecule has 0 aromatic heterocycles. The van der Waals surface area contributed by atoms with Crippen molar-refractivity contribution in [2.45, 2.75) is 11.3 Å². The monoisotopic (exact) mass is 423 g/mol. The van der Waals surface area contributed by atoms with Gasteiger partial charge >= 0.3 is 0 Å². The van der Waals surface area contributed by atoms with Gasteiger partial charge in [0, 0.05) is 25.2 Å². The van der Waals surface area contributed by atoms with Gasteiger partial charge in [0.05, 0.1) is 10.8 Å². The zero-order chi connectivity index (χ0) is 21.2. The Morgan fingerprint density at radius 1 is 1.07 bits per heavy atom. The molecular weight excluding hydrogens is 404 g/mol. The van der Waals surface area contributed by atoms with Crippen molar-refractivity contribution in [2.24, 2.45) is 11.1 Å². The van der Waals surface area contributed by atoms with E-state index in [1.807, 2.05) is 0 Å². The molecule has 154 valence electrons. The summed E-state index contributed by atoms with van der Waals surface area (Å²) in [4.78, 5) is 25.8. The summed E-state index contributed by atoms with van der Waals surface area (Å²) >= 11 is 0. The highest BCUT2D eigenvalue weighted by atomic mass is 32.2. The Morgan fingerprint density at radius 3 is 2.31 bits per heavy atom. The van der Waals surface area contributed by atoms with Crippen LogP contribution in [0, 0.1) is 17.6 Å². The molecule has 1 saturated heterocycles. The quantitative estimate of drug-likeness (QED) is 0.724. The molecule has 2 aromatic rings. The molecule has 1 aliphatic rings. The maximum atomic E-state index is 13.2. The molecule has 1 heterocycles. The number of nitrogens with two attached hydrogens (primary N) is 1. The van der Waals surface area contributed by atoms with Crippen molar-refractivity contribution < 1.29 is 26.8 Å². The highest BCUT2D eigenvalue weighted by Gasteiger charge is 2.36. The molecule has 1 fully saturated rings. The van der Waals surface area contributed by atoms with Crippen LogP contribution >= 0.6 is 0 Å². The molecule has 3 rings (SSSR count). The number of hydrogen-bond donors (Lipinski definition) is 2. The topological polar surface area (TPSA) is 110 Å². The number of carbonyl (C=O) groups excluding carboxylic acids is 2. The summed E-state index contributed by atoms with van der Waals surface area (Å²) in [5.74, 6) is -3.15. The minimum absolute atomic E-state index is 0.0190. The number of likely N-dealkylation sites (tertiary alicyclic amines) is 1. The van der Waals surface area contributed by atoms with Crippen LogP contribution in [0.3, 0.4) is 0 Å².